The number of carbonyl (C=O) groups excluding carboxylic acids is 2. The molecular weight excluding hydrogens is 503 g/mol. The maximum Gasteiger partial charge on any atom is 0.266 e. The summed E-state index contributed by atoms with van der Waals surface area (Å²) in [5, 5.41) is 3.73. The minimum atomic E-state index is -0.106. The van der Waals surface area contributed by atoms with Crippen LogP contribution in [0.2, 0.25) is 10.0 Å². The molecular formula is C23H20Cl2N2O4S2. The Morgan fingerprint density at radius 3 is 2.64 bits per heavy atom. The van der Waals surface area contributed by atoms with Gasteiger partial charge in [0.2, 0.25) is 12.7 Å². The molecule has 0 aliphatic carbocycles. The SMILES string of the molecule is O=C(CCCCCN1C(=O)C(=Cc2ccc3c(c2)OCO3)SC1=S)Nc1cc(Cl)cc(Cl)c1. The number of hydrogen-bond donors (Lipinski definition) is 1. The molecule has 0 spiro atoms. The average molecular weight is 523 g/mol. The molecule has 10 heteroatoms. The van der Waals surface area contributed by atoms with Crippen LogP contribution < -0.4 is 14.8 Å². The summed E-state index contributed by atoms with van der Waals surface area (Å²) >= 11 is 18.6. The first-order valence-corrected chi connectivity index (χ1v) is 12.3. The predicted molar refractivity (Wildman–Crippen MR) is 136 cm³/mol. The van der Waals surface area contributed by atoms with E-state index in [2.05, 4.69) is 5.32 Å². The number of halogens is 2. The lowest BCUT2D eigenvalue weighted by atomic mass is 10.1. The number of amides is 2. The summed E-state index contributed by atoms with van der Waals surface area (Å²) in [4.78, 5) is 27.1. The molecule has 33 heavy (non-hydrogen) atoms. The molecule has 2 amide bonds. The van der Waals surface area contributed by atoms with Crippen molar-refractivity contribution >= 4 is 75.1 Å². The number of thioether (sulfide) groups is 1. The zero-order valence-electron chi connectivity index (χ0n) is 17.4. The van der Waals surface area contributed by atoms with E-state index in [0.717, 1.165) is 18.4 Å². The summed E-state index contributed by atoms with van der Waals surface area (Å²) in [5.74, 6) is 1.16. The van der Waals surface area contributed by atoms with E-state index < -0.39 is 0 Å². The molecule has 2 aliphatic heterocycles. The molecule has 2 aliphatic rings. The van der Waals surface area contributed by atoms with Crippen molar-refractivity contribution in [2.75, 3.05) is 18.7 Å². The molecule has 0 bridgehead atoms. The summed E-state index contributed by atoms with van der Waals surface area (Å²) in [6, 6.07) is 10.5. The van der Waals surface area contributed by atoms with Crippen LogP contribution in [0.1, 0.15) is 31.2 Å². The Morgan fingerprint density at radius 2 is 1.85 bits per heavy atom. The molecule has 172 valence electrons. The Bertz CT molecular complexity index is 1120. The van der Waals surface area contributed by atoms with E-state index in [1.807, 2.05) is 24.3 Å². The third-order valence-corrected chi connectivity index (χ3v) is 6.81. The molecule has 1 fully saturated rings. The van der Waals surface area contributed by atoms with Crippen molar-refractivity contribution < 1.29 is 19.1 Å². The zero-order chi connectivity index (χ0) is 23.4. The van der Waals surface area contributed by atoms with E-state index in [4.69, 9.17) is 44.9 Å². The number of unbranched alkanes of at least 4 members (excludes halogenated alkanes) is 2. The molecule has 1 N–H and O–H groups in total. The summed E-state index contributed by atoms with van der Waals surface area (Å²) in [5.41, 5.74) is 1.43. The molecule has 6 nitrogen and oxygen atoms in total. The van der Waals surface area contributed by atoms with E-state index >= 15 is 0 Å². The Kier molecular flexibility index (Phi) is 7.80. The first kappa shape index (κ1) is 23.9. The van der Waals surface area contributed by atoms with Crippen LogP contribution in [-0.2, 0) is 9.59 Å². The van der Waals surface area contributed by atoms with Gasteiger partial charge in [0, 0.05) is 28.7 Å². The second-order valence-corrected chi connectivity index (χ2v) is 10.0. The van der Waals surface area contributed by atoms with Crippen LogP contribution in [0.3, 0.4) is 0 Å². The van der Waals surface area contributed by atoms with Crippen molar-refractivity contribution in [1.82, 2.24) is 4.90 Å². The highest BCUT2D eigenvalue weighted by molar-refractivity contribution is 8.26. The van der Waals surface area contributed by atoms with Crippen molar-refractivity contribution in [2.24, 2.45) is 0 Å². The lowest BCUT2D eigenvalue weighted by Gasteiger charge is -2.14. The fourth-order valence-electron chi connectivity index (χ4n) is 3.43. The van der Waals surface area contributed by atoms with Crippen LogP contribution in [0, 0.1) is 0 Å². The van der Waals surface area contributed by atoms with Crippen LogP contribution in [-0.4, -0.2) is 34.4 Å². The van der Waals surface area contributed by atoms with E-state index in [-0.39, 0.29) is 18.6 Å². The Labute approximate surface area is 211 Å². The monoisotopic (exact) mass is 522 g/mol. The fraction of sp³-hybridized carbons (Fsp3) is 0.261. The molecule has 2 aromatic rings. The second-order valence-electron chi connectivity index (χ2n) is 7.46. The van der Waals surface area contributed by atoms with Gasteiger partial charge in [-0.2, -0.15) is 0 Å². The number of ether oxygens (including phenoxy) is 2. The molecule has 2 heterocycles. The number of hydrogen-bond acceptors (Lipinski definition) is 6. The molecule has 2 aromatic carbocycles. The molecule has 1 saturated heterocycles. The number of nitrogens with zero attached hydrogens (tertiary/aromatic N) is 1. The third kappa shape index (κ3) is 6.20. The molecule has 0 radical (unpaired) electrons. The third-order valence-electron chi connectivity index (χ3n) is 5.00. The Balaban J connectivity index is 1.22. The minimum absolute atomic E-state index is 0.0988. The van der Waals surface area contributed by atoms with Crippen molar-refractivity contribution in [3.63, 3.8) is 0 Å². The molecule has 0 saturated carbocycles. The normalized spacial score (nSPS) is 16.1. The topological polar surface area (TPSA) is 67.9 Å². The maximum absolute atomic E-state index is 12.8. The fourth-order valence-corrected chi connectivity index (χ4v) is 5.26. The molecule has 4 rings (SSSR count). The van der Waals surface area contributed by atoms with Crippen LogP contribution in [0.5, 0.6) is 11.5 Å². The van der Waals surface area contributed by atoms with Gasteiger partial charge in [0.25, 0.3) is 5.91 Å². The first-order chi connectivity index (χ1) is 15.9. The Morgan fingerprint density at radius 1 is 1.09 bits per heavy atom. The van der Waals surface area contributed by atoms with Gasteiger partial charge in [-0.25, -0.2) is 0 Å². The van der Waals surface area contributed by atoms with Gasteiger partial charge in [-0.3, -0.25) is 14.5 Å². The van der Waals surface area contributed by atoms with Crippen LogP contribution in [0.4, 0.5) is 5.69 Å². The highest BCUT2D eigenvalue weighted by atomic mass is 35.5. The molecule has 0 unspecified atom stereocenters. The second kappa shape index (κ2) is 10.8. The summed E-state index contributed by atoms with van der Waals surface area (Å²) in [6.07, 6.45) is 4.42. The van der Waals surface area contributed by atoms with Crippen LogP contribution in [0.15, 0.2) is 41.3 Å². The highest BCUT2D eigenvalue weighted by Gasteiger charge is 2.31. The lowest BCUT2D eigenvalue weighted by molar-refractivity contribution is -0.122. The zero-order valence-corrected chi connectivity index (χ0v) is 20.6. The van der Waals surface area contributed by atoms with Gasteiger partial charge in [0.05, 0.1) is 4.91 Å². The number of rotatable bonds is 8. The number of nitrogens with one attached hydrogen (secondary N) is 1. The van der Waals surface area contributed by atoms with E-state index in [1.165, 1.54) is 11.8 Å². The van der Waals surface area contributed by atoms with Crippen molar-refractivity contribution in [1.29, 1.82) is 0 Å². The number of thiocarbonyl (C=S) groups is 1. The van der Waals surface area contributed by atoms with E-state index in [9.17, 15) is 9.59 Å². The summed E-state index contributed by atoms with van der Waals surface area (Å²) in [7, 11) is 0. The highest BCUT2D eigenvalue weighted by Crippen LogP contribution is 2.36. The minimum Gasteiger partial charge on any atom is -0.454 e. The van der Waals surface area contributed by atoms with Gasteiger partial charge in [-0.05, 0) is 54.8 Å². The van der Waals surface area contributed by atoms with Gasteiger partial charge in [0.1, 0.15) is 4.32 Å². The average Bonchev–Trinajstić information content (AvgIpc) is 3.32. The predicted octanol–water partition coefficient (Wildman–Crippen LogP) is 6.12. The molecule has 0 aromatic heterocycles. The number of anilines is 1. The van der Waals surface area contributed by atoms with Crippen LogP contribution >= 0.6 is 47.2 Å². The quantitative estimate of drug-likeness (QED) is 0.255. The van der Waals surface area contributed by atoms with E-state index in [0.29, 0.717) is 55.8 Å². The smallest absolute Gasteiger partial charge is 0.266 e. The summed E-state index contributed by atoms with van der Waals surface area (Å²) in [6.45, 7) is 0.728. The number of fused-ring (bicyclic) bond motifs is 1. The van der Waals surface area contributed by atoms with Gasteiger partial charge in [-0.15, -0.1) is 0 Å². The van der Waals surface area contributed by atoms with Gasteiger partial charge in [-0.1, -0.05) is 59.7 Å². The summed E-state index contributed by atoms with van der Waals surface area (Å²) < 4.78 is 11.3. The standard InChI is InChI=1S/C23H20Cl2N2O4S2/c24-15-10-16(25)12-17(11-15)26-21(28)4-2-1-3-7-27-22(29)20(33-23(27)32)9-14-5-6-18-19(8-14)31-13-30-18/h5-6,8-12H,1-4,7,13H2,(H,26,28). The van der Waals surface area contributed by atoms with Gasteiger partial charge in [0.15, 0.2) is 11.5 Å². The maximum atomic E-state index is 12.8. The first-order valence-electron chi connectivity index (χ1n) is 10.3. The van der Waals surface area contributed by atoms with Crippen LogP contribution in [0.25, 0.3) is 6.08 Å². The van der Waals surface area contributed by atoms with Crippen molar-refractivity contribution in [3.8, 4) is 11.5 Å². The number of carbonyl (C=O) groups is 2. The van der Waals surface area contributed by atoms with Crippen molar-refractivity contribution in [2.45, 2.75) is 25.7 Å². The largest absolute Gasteiger partial charge is 0.454 e. The Hall–Kier alpha value is -2.26. The van der Waals surface area contributed by atoms with Crippen molar-refractivity contribution in [3.05, 3.63) is 56.9 Å². The van der Waals surface area contributed by atoms with Gasteiger partial charge < -0.3 is 14.8 Å². The van der Waals surface area contributed by atoms with Gasteiger partial charge >= 0.3 is 0 Å². The molecule has 0 atom stereocenters. The lowest BCUT2D eigenvalue weighted by Crippen LogP contribution is -2.29. The van der Waals surface area contributed by atoms with E-state index in [1.54, 1.807) is 23.1 Å². The number of benzene rings is 2.